The molecule has 1 aliphatic rings. The van der Waals surface area contributed by atoms with Crippen LogP contribution in [0.4, 0.5) is 5.69 Å². The van der Waals surface area contributed by atoms with Gasteiger partial charge in [-0.25, -0.2) is 0 Å². The zero-order valence-electron chi connectivity index (χ0n) is 11.2. The highest BCUT2D eigenvalue weighted by Crippen LogP contribution is 2.28. The van der Waals surface area contributed by atoms with Crippen LogP contribution in [-0.2, 0) is 4.79 Å². The highest BCUT2D eigenvalue weighted by molar-refractivity contribution is 6.10. The van der Waals surface area contributed by atoms with E-state index in [1.165, 1.54) is 4.90 Å². The second-order valence-corrected chi connectivity index (χ2v) is 4.83. The zero-order valence-corrected chi connectivity index (χ0v) is 11.2. The number of carbonyl (C=O) groups is 2. The summed E-state index contributed by atoms with van der Waals surface area (Å²) >= 11 is 0. The Bertz CT molecular complexity index is 523. The molecule has 0 aliphatic carbocycles. The largest absolute Gasteiger partial charge is 0.330 e. The lowest BCUT2D eigenvalue weighted by Gasteiger charge is -2.22. The van der Waals surface area contributed by atoms with E-state index in [2.05, 4.69) is 5.32 Å². The van der Waals surface area contributed by atoms with Gasteiger partial charge in [0.1, 0.15) is 6.04 Å². The van der Waals surface area contributed by atoms with Gasteiger partial charge in [-0.2, -0.15) is 0 Å². The third kappa shape index (κ3) is 1.88. The molecule has 0 spiro atoms. The lowest BCUT2D eigenvalue weighted by atomic mass is 10.0. The molecular weight excluding hydrogens is 228 g/mol. The summed E-state index contributed by atoms with van der Waals surface area (Å²) in [6, 6.07) is 3.41. The van der Waals surface area contributed by atoms with Crippen LogP contribution in [0.2, 0.25) is 0 Å². The highest BCUT2D eigenvalue weighted by atomic mass is 16.2. The standard InChI is InChI=1S/C14H18N2O2/c1-5-11-13(17)15-12-9(3)6-8(2)7-10(12)14(18)16(11)4/h6-7,11H,5H2,1-4H3,(H,15,17)/t11-/m0/s1. The molecule has 18 heavy (non-hydrogen) atoms. The molecule has 1 atom stereocenters. The summed E-state index contributed by atoms with van der Waals surface area (Å²) in [5.41, 5.74) is 3.19. The number of anilines is 1. The maximum atomic E-state index is 12.4. The Kier molecular flexibility index (Phi) is 3.11. The highest BCUT2D eigenvalue weighted by Gasteiger charge is 2.32. The predicted molar refractivity (Wildman–Crippen MR) is 70.7 cm³/mol. The van der Waals surface area contributed by atoms with Crippen molar-refractivity contribution in [3.8, 4) is 0 Å². The molecule has 0 fully saturated rings. The van der Waals surface area contributed by atoms with Crippen LogP contribution in [-0.4, -0.2) is 29.8 Å². The van der Waals surface area contributed by atoms with Gasteiger partial charge in [0.05, 0.1) is 11.3 Å². The van der Waals surface area contributed by atoms with Crippen LogP contribution in [0.15, 0.2) is 12.1 Å². The number of benzene rings is 1. The first-order valence-electron chi connectivity index (χ1n) is 6.15. The summed E-state index contributed by atoms with van der Waals surface area (Å²) in [6.45, 7) is 5.76. The van der Waals surface area contributed by atoms with Gasteiger partial charge in [0, 0.05) is 7.05 Å². The van der Waals surface area contributed by atoms with E-state index in [9.17, 15) is 9.59 Å². The summed E-state index contributed by atoms with van der Waals surface area (Å²) in [5, 5.41) is 2.88. The molecule has 2 rings (SSSR count). The van der Waals surface area contributed by atoms with Crippen molar-refractivity contribution in [2.24, 2.45) is 0 Å². The molecule has 1 N–H and O–H groups in total. The number of aryl methyl sites for hydroxylation is 2. The van der Waals surface area contributed by atoms with Crippen molar-refractivity contribution in [3.05, 3.63) is 28.8 Å². The first kappa shape index (κ1) is 12.6. The molecule has 1 aromatic rings. The molecular formula is C14H18N2O2. The van der Waals surface area contributed by atoms with E-state index in [1.54, 1.807) is 7.05 Å². The molecule has 4 heteroatoms. The topological polar surface area (TPSA) is 49.4 Å². The minimum atomic E-state index is -0.399. The van der Waals surface area contributed by atoms with Crippen LogP contribution in [0, 0.1) is 13.8 Å². The van der Waals surface area contributed by atoms with Gasteiger partial charge < -0.3 is 10.2 Å². The van der Waals surface area contributed by atoms with Crippen molar-refractivity contribution < 1.29 is 9.59 Å². The minimum absolute atomic E-state index is 0.0954. The molecule has 0 bridgehead atoms. The number of likely N-dealkylation sites (N-methyl/N-ethyl adjacent to an activating group) is 1. The second kappa shape index (κ2) is 4.44. The molecule has 1 aromatic carbocycles. The Morgan fingerprint density at radius 3 is 2.56 bits per heavy atom. The molecule has 1 aliphatic heterocycles. The molecule has 96 valence electrons. The van der Waals surface area contributed by atoms with Crippen LogP contribution >= 0.6 is 0 Å². The molecule has 0 aromatic heterocycles. The zero-order chi connectivity index (χ0) is 13.4. The van der Waals surface area contributed by atoms with E-state index in [0.29, 0.717) is 17.7 Å². The van der Waals surface area contributed by atoms with Crippen LogP contribution in [0.5, 0.6) is 0 Å². The van der Waals surface area contributed by atoms with E-state index in [0.717, 1.165) is 11.1 Å². The number of hydrogen-bond donors (Lipinski definition) is 1. The van der Waals surface area contributed by atoms with E-state index < -0.39 is 6.04 Å². The van der Waals surface area contributed by atoms with E-state index >= 15 is 0 Å². The van der Waals surface area contributed by atoms with E-state index in [1.807, 2.05) is 32.9 Å². The summed E-state index contributed by atoms with van der Waals surface area (Å²) in [6.07, 6.45) is 0.611. The number of hydrogen-bond acceptors (Lipinski definition) is 2. The fourth-order valence-electron chi connectivity index (χ4n) is 2.48. The molecule has 1 heterocycles. The van der Waals surface area contributed by atoms with Gasteiger partial charge in [0.15, 0.2) is 0 Å². The fourth-order valence-corrected chi connectivity index (χ4v) is 2.48. The maximum absolute atomic E-state index is 12.4. The van der Waals surface area contributed by atoms with Gasteiger partial charge in [0.2, 0.25) is 5.91 Å². The Hall–Kier alpha value is -1.84. The molecule has 2 amide bonds. The van der Waals surface area contributed by atoms with E-state index in [-0.39, 0.29) is 11.8 Å². The van der Waals surface area contributed by atoms with E-state index in [4.69, 9.17) is 0 Å². The van der Waals surface area contributed by atoms with Crippen LogP contribution < -0.4 is 5.32 Å². The van der Waals surface area contributed by atoms with Crippen LogP contribution in [0.3, 0.4) is 0 Å². The van der Waals surface area contributed by atoms with Crippen molar-refractivity contribution >= 4 is 17.5 Å². The van der Waals surface area contributed by atoms with Gasteiger partial charge in [0.25, 0.3) is 5.91 Å². The number of nitrogens with zero attached hydrogens (tertiary/aromatic N) is 1. The van der Waals surface area contributed by atoms with Gasteiger partial charge in [-0.1, -0.05) is 13.0 Å². The normalized spacial score (nSPS) is 19.3. The first-order valence-corrected chi connectivity index (χ1v) is 6.15. The predicted octanol–water partition coefficient (Wildman–Crippen LogP) is 2.11. The number of amides is 2. The number of carbonyl (C=O) groups excluding carboxylic acids is 2. The Balaban J connectivity index is 2.60. The smallest absolute Gasteiger partial charge is 0.256 e. The maximum Gasteiger partial charge on any atom is 0.256 e. The Morgan fingerprint density at radius 1 is 1.28 bits per heavy atom. The molecule has 0 saturated carbocycles. The fraction of sp³-hybridized carbons (Fsp3) is 0.429. The average molecular weight is 246 g/mol. The minimum Gasteiger partial charge on any atom is -0.330 e. The number of fused-ring (bicyclic) bond motifs is 1. The van der Waals surface area contributed by atoms with Crippen molar-refractivity contribution in [1.29, 1.82) is 0 Å². The quantitative estimate of drug-likeness (QED) is 0.825. The van der Waals surface area contributed by atoms with Crippen LogP contribution in [0.25, 0.3) is 0 Å². The Labute approximate surface area is 107 Å². The van der Waals surface area contributed by atoms with Crippen LogP contribution in [0.1, 0.15) is 34.8 Å². The average Bonchev–Trinajstić information content (AvgIpc) is 2.39. The third-order valence-electron chi connectivity index (χ3n) is 3.44. The number of nitrogens with one attached hydrogen (secondary N) is 1. The van der Waals surface area contributed by atoms with Crippen molar-refractivity contribution in [2.75, 3.05) is 12.4 Å². The Morgan fingerprint density at radius 2 is 1.94 bits per heavy atom. The lowest BCUT2D eigenvalue weighted by Crippen LogP contribution is -2.42. The van der Waals surface area contributed by atoms with Crippen molar-refractivity contribution in [1.82, 2.24) is 4.90 Å². The molecule has 0 unspecified atom stereocenters. The van der Waals surface area contributed by atoms with Gasteiger partial charge in [-0.15, -0.1) is 0 Å². The third-order valence-corrected chi connectivity index (χ3v) is 3.44. The van der Waals surface area contributed by atoms with Gasteiger partial charge in [-0.3, -0.25) is 9.59 Å². The first-order chi connectivity index (χ1) is 8.45. The van der Waals surface area contributed by atoms with Crippen molar-refractivity contribution in [3.63, 3.8) is 0 Å². The lowest BCUT2D eigenvalue weighted by molar-refractivity contribution is -0.120. The summed E-state index contributed by atoms with van der Waals surface area (Å²) < 4.78 is 0. The van der Waals surface area contributed by atoms with Gasteiger partial charge in [-0.05, 0) is 37.5 Å². The number of rotatable bonds is 1. The summed E-state index contributed by atoms with van der Waals surface area (Å²) in [4.78, 5) is 26.0. The second-order valence-electron chi connectivity index (χ2n) is 4.83. The molecule has 0 saturated heterocycles. The molecule has 0 radical (unpaired) electrons. The SMILES string of the molecule is CC[C@H]1C(=O)Nc2c(C)cc(C)cc2C(=O)N1C. The van der Waals surface area contributed by atoms with Crippen molar-refractivity contribution in [2.45, 2.75) is 33.2 Å². The van der Waals surface area contributed by atoms with Gasteiger partial charge >= 0.3 is 0 Å². The monoisotopic (exact) mass is 246 g/mol. The summed E-state index contributed by atoms with van der Waals surface area (Å²) in [7, 11) is 1.68. The molecule has 4 nitrogen and oxygen atoms in total. The summed E-state index contributed by atoms with van der Waals surface area (Å²) in [5.74, 6) is -0.207.